The average Bonchev–Trinajstić information content (AvgIpc) is 2.41. The number of hydrogen-bond donors (Lipinski definition) is 2. The number of hydrogen-bond acceptors (Lipinski definition) is 4. The van der Waals surface area contributed by atoms with Gasteiger partial charge in [0.2, 0.25) is 0 Å². The van der Waals surface area contributed by atoms with Gasteiger partial charge in [0.25, 0.3) is 5.91 Å². The minimum absolute atomic E-state index is 0.0880. The summed E-state index contributed by atoms with van der Waals surface area (Å²) in [5.74, 6) is -1.30. The Morgan fingerprint density at radius 1 is 1.33 bits per heavy atom. The Bertz CT molecular complexity index is 416. The van der Waals surface area contributed by atoms with Crippen molar-refractivity contribution in [2.45, 2.75) is 26.7 Å². The van der Waals surface area contributed by atoms with Crippen molar-refractivity contribution in [1.29, 1.82) is 0 Å². The Morgan fingerprint density at radius 3 is 2.44 bits per heavy atom. The van der Waals surface area contributed by atoms with Gasteiger partial charge in [0, 0.05) is 18.9 Å². The third-order valence-electron chi connectivity index (χ3n) is 3.19. The van der Waals surface area contributed by atoms with Gasteiger partial charge in [-0.1, -0.05) is 13.8 Å². The van der Waals surface area contributed by atoms with E-state index in [4.69, 9.17) is 0 Å². The summed E-state index contributed by atoms with van der Waals surface area (Å²) in [4.78, 5) is 30.6. The van der Waals surface area contributed by atoms with E-state index in [0.29, 0.717) is 12.8 Å². The van der Waals surface area contributed by atoms with Crippen molar-refractivity contribution in [2.24, 2.45) is 5.41 Å². The van der Waals surface area contributed by atoms with E-state index in [2.05, 4.69) is 15.3 Å². The Labute approximate surface area is 105 Å². The van der Waals surface area contributed by atoms with Crippen LogP contribution in [-0.2, 0) is 4.79 Å². The van der Waals surface area contributed by atoms with Gasteiger partial charge in [0.1, 0.15) is 5.69 Å². The van der Waals surface area contributed by atoms with E-state index in [1.165, 1.54) is 18.6 Å². The second-order valence-electron chi connectivity index (χ2n) is 4.07. The molecule has 0 aliphatic heterocycles. The molecule has 0 aliphatic rings. The lowest BCUT2D eigenvalue weighted by atomic mass is 9.82. The number of aliphatic carboxylic acids is 1. The normalized spacial score (nSPS) is 11.0. The topological polar surface area (TPSA) is 92.2 Å². The molecule has 1 amide bonds. The van der Waals surface area contributed by atoms with E-state index in [-0.39, 0.29) is 12.2 Å². The molecule has 0 fully saturated rings. The quantitative estimate of drug-likeness (QED) is 0.789. The first-order valence-corrected chi connectivity index (χ1v) is 5.83. The summed E-state index contributed by atoms with van der Waals surface area (Å²) in [6.45, 7) is 3.68. The highest BCUT2D eigenvalue weighted by Gasteiger charge is 2.35. The molecule has 1 rings (SSSR count). The summed E-state index contributed by atoms with van der Waals surface area (Å²) < 4.78 is 0. The zero-order valence-corrected chi connectivity index (χ0v) is 10.5. The van der Waals surface area contributed by atoms with E-state index in [0.717, 1.165) is 0 Å². The molecule has 6 heteroatoms. The van der Waals surface area contributed by atoms with Crippen molar-refractivity contribution in [3.63, 3.8) is 0 Å². The number of carbonyl (C=O) groups is 2. The molecule has 0 atom stereocenters. The second kappa shape index (κ2) is 6.09. The highest BCUT2D eigenvalue weighted by molar-refractivity contribution is 5.92. The maximum absolute atomic E-state index is 11.7. The van der Waals surface area contributed by atoms with E-state index in [1.54, 1.807) is 13.8 Å². The first kappa shape index (κ1) is 14.1. The Kier molecular flexibility index (Phi) is 4.76. The number of nitrogens with one attached hydrogen (secondary N) is 1. The Hall–Kier alpha value is -1.98. The zero-order valence-electron chi connectivity index (χ0n) is 10.5. The monoisotopic (exact) mass is 251 g/mol. The number of aromatic nitrogens is 2. The fourth-order valence-electron chi connectivity index (χ4n) is 1.63. The molecule has 2 N–H and O–H groups in total. The highest BCUT2D eigenvalue weighted by atomic mass is 16.4. The van der Waals surface area contributed by atoms with Crippen LogP contribution in [0.1, 0.15) is 37.2 Å². The lowest BCUT2D eigenvalue weighted by Crippen LogP contribution is -2.42. The first-order valence-electron chi connectivity index (χ1n) is 5.83. The number of rotatable bonds is 6. The predicted molar refractivity (Wildman–Crippen MR) is 65.0 cm³/mol. The van der Waals surface area contributed by atoms with Gasteiger partial charge in [-0.05, 0) is 12.8 Å². The van der Waals surface area contributed by atoms with Crippen LogP contribution in [0, 0.1) is 5.41 Å². The van der Waals surface area contributed by atoms with Crippen molar-refractivity contribution in [3.8, 4) is 0 Å². The maximum atomic E-state index is 11.7. The Balaban J connectivity index is 2.69. The molecule has 1 aromatic rings. The van der Waals surface area contributed by atoms with Crippen LogP contribution < -0.4 is 5.32 Å². The molecule has 1 heterocycles. The van der Waals surface area contributed by atoms with Crippen molar-refractivity contribution in [1.82, 2.24) is 15.3 Å². The number of carbonyl (C=O) groups excluding carboxylic acids is 1. The molecule has 6 nitrogen and oxygen atoms in total. The van der Waals surface area contributed by atoms with Gasteiger partial charge in [0.15, 0.2) is 0 Å². The molecule has 0 saturated carbocycles. The fourth-order valence-corrected chi connectivity index (χ4v) is 1.63. The second-order valence-corrected chi connectivity index (χ2v) is 4.07. The molecule has 1 aromatic heterocycles. The van der Waals surface area contributed by atoms with Gasteiger partial charge in [-0.3, -0.25) is 14.6 Å². The summed E-state index contributed by atoms with van der Waals surface area (Å²) in [7, 11) is 0. The summed E-state index contributed by atoms with van der Waals surface area (Å²) in [5, 5.41) is 11.8. The van der Waals surface area contributed by atoms with Gasteiger partial charge in [-0.25, -0.2) is 4.98 Å². The van der Waals surface area contributed by atoms with E-state index < -0.39 is 17.3 Å². The van der Waals surface area contributed by atoms with Crippen LogP contribution in [0.3, 0.4) is 0 Å². The van der Waals surface area contributed by atoms with Crippen LogP contribution in [0.5, 0.6) is 0 Å². The van der Waals surface area contributed by atoms with Gasteiger partial charge in [-0.15, -0.1) is 0 Å². The lowest BCUT2D eigenvalue weighted by molar-refractivity contribution is -0.149. The van der Waals surface area contributed by atoms with Crippen molar-refractivity contribution >= 4 is 11.9 Å². The first-order chi connectivity index (χ1) is 8.55. The minimum atomic E-state index is -0.919. The van der Waals surface area contributed by atoms with Crippen LogP contribution in [0.4, 0.5) is 0 Å². The standard InChI is InChI=1S/C12H17N3O3/c1-3-12(4-2,11(17)18)8-15-10(16)9-7-13-5-6-14-9/h5-7H,3-4,8H2,1-2H3,(H,15,16)(H,17,18). The molecule has 0 radical (unpaired) electrons. The molecule has 98 valence electrons. The highest BCUT2D eigenvalue weighted by Crippen LogP contribution is 2.25. The molecule has 18 heavy (non-hydrogen) atoms. The van der Waals surface area contributed by atoms with Gasteiger partial charge >= 0.3 is 5.97 Å². The fraction of sp³-hybridized carbons (Fsp3) is 0.500. The SMILES string of the molecule is CCC(CC)(CNC(=O)c1cnccn1)C(=O)O. The summed E-state index contributed by atoms with van der Waals surface area (Å²) in [6.07, 6.45) is 5.14. The van der Waals surface area contributed by atoms with E-state index in [1.807, 2.05) is 0 Å². The molecule has 0 unspecified atom stereocenters. The number of amides is 1. The van der Waals surface area contributed by atoms with Crippen LogP contribution >= 0.6 is 0 Å². The molecule has 0 spiro atoms. The number of carboxylic acids is 1. The summed E-state index contributed by atoms with van der Waals surface area (Å²) in [5.41, 5.74) is -0.735. The molecular formula is C12H17N3O3. The van der Waals surface area contributed by atoms with Gasteiger partial charge in [0.05, 0.1) is 11.6 Å². The van der Waals surface area contributed by atoms with Crippen molar-refractivity contribution in [3.05, 3.63) is 24.3 Å². The summed E-state index contributed by atoms with van der Waals surface area (Å²) >= 11 is 0. The molecular weight excluding hydrogens is 234 g/mol. The molecule has 0 saturated heterocycles. The zero-order chi connectivity index (χ0) is 13.6. The third kappa shape index (κ3) is 3.03. The van der Waals surface area contributed by atoms with Crippen LogP contribution in [0.2, 0.25) is 0 Å². The van der Waals surface area contributed by atoms with E-state index >= 15 is 0 Å². The van der Waals surface area contributed by atoms with Gasteiger partial charge in [-0.2, -0.15) is 0 Å². The third-order valence-corrected chi connectivity index (χ3v) is 3.19. The number of carboxylic acid groups (broad SMARTS) is 1. The lowest BCUT2D eigenvalue weighted by Gasteiger charge is -2.26. The minimum Gasteiger partial charge on any atom is -0.481 e. The van der Waals surface area contributed by atoms with Crippen molar-refractivity contribution < 1.29 is 14.7 Å². The largest absolute Gasteiger partial charge is 0.481 e. The number of nitrogens with zero attached hydrogens (tertiary/aromatic N) is 2. The van der Waals surface area contributed by atoms with Crippen molar-refractivity contribution in [2.75, 3.05) is 6.54 Å². The van der Waals surface area contributed by atoms with E-state index in [9.17, 15) is 14.7 Å². The average molecular weight is 251 g/mol. The van der Waals surface area contributed by atoms with Gasteiger partial charge < -0.3 is 10.4 Å². The predicted octanol–water partition coefficient (Wildman–Crippen LogP) is 1.10. The van der Waals surface area contributed by atoms with Crippen LogP contribution in [0.25, 0.3) is 0 Å². The molecule has 0 bridgehead atoms. The summed E-state index contributed by atoms with van der Waals surface area (Å²) in [6, 6.07) is 0. The van der Waals surface area contributed by atoms with Crippen LogP contribution in [0.15, 0.2) is 18.6 Å². The Morgan fingerprint density at radius 2 is 2.00 bits per heavy atom. The van der Waals surface area contributed by atoms with Crippen LogP contribution in [-0.4, -0.2) is 33.5 Å². The molecule has 0 aromatic carbocycles. The smallest absolute Gasteiger partial charge is 0.311 e. The maximum Gasteiger partial charge on any atom is 0.311 e. The molecule has 0 aliphatic carbocycles.